The van der Waals surface area contributed by atoms with Crippen molar-refractivity contribution in [3.05, 3.63) is 0 Å². The molecule has 0 aliphatic heterocycles. The molecule has 0 aliphatic carbocycles. The molecule has 3 nitrogen and oxygen atoms in total. The molecule has 0 saturated carbocycles. The molecule has 0 heterocycles. The van der Waals surface area contributed by atoms with Crippen molar-refractivity contribution in [2.24, 2.45) is 5.41 Å². The molecule has 3 heteroatoms. The van der Waals surface area contributed by atoms with E-state index in [2.05, 4.69) is 5.32 Å². The molecule has 13 heavy (non-hydrogen) atoms. The van der Waals surface area contributed by atoms with Gasteiger partial charge in [-0.3, -0.25) is 0 Å². The first-order valence-electron chi connectivity index (χ1n) is 4.75. The van der Waals surface area contributed by atoms with E-state index in [4.69, 9.17) is 5.11 Å². The lowest BCUT2D eigenvalue weighted by Crippen LogP contribution is -2.37. The van der Waals surface area contributed by atoms with Crippen molar-refractivity contribution in [2.75, 3.05) is 6.54 Å². The van der Waals surface area contributed by atoms with Gasteiger partial charge in [-0.25, -0.2) is 0 Å². The van der Waals surface area contributed by atoms with Crippen molar-refractivity contribution in [1.82, 2.24) is 5.32 Å². The summed E-state index contributed by atoms with van der Waals surface area (Å²) in [4.78, 5) is 10.6. The Hall–Kier alpha value is -0.410. The van der Waals surface area contributed by atoms with Gasteiger partial charge in [-0.1, -0.05) is 13.8 Å². The number of aliphatic hydroxyl groups is 1. The Balaban J connectivity index is 3.69. The van der Waals surface area contributed by atoms with E-state index in [1.165, 1.54) is 0 Å². The molecule has 0 amide bonds. The number of carbonyl (C=O) groups is 1. The van der Waals surface area contributed by atoms with Gasteiger partial charge >= 0.3 is 0 Å². The molecule has 0 rings (SSSR count). The van der Waals surface area contributed by atoms with Crippen molar-refractivity contribution in [3.8, 4) is 0 Å². The van der Waals surface area contributed by atoms with E-state index in [-0.39, 0.29) is 17.6 Å². The van der Waals surface area contributed by atoms with Crippen molar-refractivity contribution in [1.29, 1.82) is 0 Å². The predicted octanol–water partition coefficient (Wildman–Crippen LogP) is 0.960. The molecule has 78 valence electrons. The van der Waals surface area contributed by atoms with E-state index >= 15 is 0 Å². The molecule has 2 atom stereocenters. The minimum Gasteiger partial charge on any atom is -0.393 e. The summed E-state index contributed by atoms with van der Waals surface area (Å²) in [5, 5.41) is 12.3. The van der Waals surface area contributed by atoms with Crippen LogP contribution >= 0.6 is 0 Å². The van der Waals surface area contributed by atoms with Gasteiger partial charge in [-0.15, -0.1) is 0 Å². The SMILES string of the molecule is CC(O)CC(C)NCC(C)(C)C=O. The normalized spacial score (nSPS) is 16.7. The summed E-state index contributed by atoms with van der Waals surface area (Å²) >= 11 is 0. The zero-order valence-corrected chi connectivity index (χ0v) is 9.00. The number of aliphatic hydroxyl groups excluding tert-OH is 1. The topological polar surface area (TPSA) is 49.3 Å². The number of rotatable bonds is 6. The predicted molar refractivity (Wildman–Crippen MR) is 53.6 cm³/mol. The monoisotopic (exact) mass is 187 g/mol. The van der Waals surface area contributed by atoms with Crippen molar-refractivity contribution in [3.63, 3.8) is 0 Å². The van der Waals surface area contributed by atoms with Crippen LogP contribution in [0, 0.1) is 5.41 Å². The third kappa shape index (κ3) is 6.72. The third-order valence-corrected chi connectivity index (χ3v) is 1.92. The van der Waals surface area contributed by atoms with Gasteiger partial charge in [0, 0.05) is 18.0 Å². The molecule has 2 N–H and O–H groups in total. The molecular formula is C10H21NO2. The molecule has 2 unspecified atom stereocenters. The van der Waals surface area contributed by atoms with Crippen LogP contribution < -0.4 is 5.32 Å². The van der Waals surface area contributed by atoms with Crippen LogP contribution in [-0.4, -0.2) is 30.1 Å². The number of hydrogen-bond donors (Lipinski definition) is 2. The van der Waals surface area contributed by atoms with Gasteiger partial charge in [0.15, 0.2) is 0 Å². The summed E-state index contributed by atoms with van der Waals surface area (Å²) in [5.74, 6) is 0. The first kappa shape index (κ1) is 12.6. The van der Waals surface area contributed by atoms with Crippen LogP contribution in [0.5, 0.6) is 0 Å². The van der Waals surface area contributed by atoms with Crippen LogP contribution in [0.25, 0.3) is 0 Å². The van der Waals surface area contributed by atoms with Crippen LogP contribution in [0.3, 0.4) is 0 Å². The van der Waals surface area contributed by atoms with Crippen molar-refractivity contribution >= 4 is 6.29 Å². The van der Waals surface area contributed by atoms with E-state index in [0.29, 0.717) is 6.54 Å². The van der Waals surface area contributed by atoms with Crippen LogP contribution in [0.4, 0.5) is 0 Å². The Kier molecular flexibility index (Phi) is 5.18. The Morgan fingerprint density at radius 1 is 1.46 bits per heavy atom. The van der Waals surface area contributed by atoms with Crippen LogP contribution in [0.1, 0.15) is 34.1 Å². The Morgan fingerprint density at radius 3 is 2.38 bits per heavy atom. The minimum absolute atomic E-state index is 0.249. The summed E-state index contributed by atoms with van der Waals surface area (Å²) in [6.45, 7) is 8.21. The standard InChI is InChI=1S/C10H21NO2/c1-8(5-9(2)13)11-6-10(3,4)7-12/h7-9,11,13H,5-6H2,1-4H3. The van der Waals surface area contributed by atoms with Crippen LogP contribution in [-0.2, 0) is 4.79 Å². The zero-order valence-electron chi connectivity index (χ0n) is 9.00. The van der Waals surface area contributed by atoms with Crippen molar-refractivity contribution < 1.29 is 9.90 Å². The maximum absolute atomic E-state index is 10.6. The first-order chi connectivity index (χ1) is 5.87. The maximum Gasteiger partial charge on any atom is 0.126 e. The third-order valence-electron chi connectivity index (χ3n) is 1.92. The fourth-order valence-electron chi connectivity index (χ4n) is 1.07. The van der Waals surface area contributed by atoms with Gasteiger partial charge in [0.2, 0.25) is 0 Å². The highest BCUT2D eigenvalue weighted by Gasteiger charge is 2.17. The lowest BCUT2D eigenvalue weighted by atomic mass is 9.95. The average Bonchev–Trinajstić information content (AvgIpc) is 2.00. The quantitative estimate of drug-likeness (QED) is 0.609. The lowest BCUT2D eigenvalue weighted by Gasteiger charge is -2.22. The van der Waals surface area contributed by atoms with Gasteiger partial charge in [-0.2, -0.15) is 0 Å². The van der Waals surface area contributed by atoms with Crippen LogP contribution in [0.15, 0.2) is 0 Å². The van der Waals surface area contributed by atoms with E-state index in [0.717, 1.165) is 12.7 Å². The number of carbonyl (C=O) groups excluding carboxylic acids is 1. The molecule has 0 spiro atoms. The molecule has 0 radical (unpaired) electrons. The van der Waals surface area contributed by atoms with Gasteiger partial charge in [0.05, 0.1) is 6.10 Å². The van der Waals surface area contributed by atoms with Crippen LogP contribution in [0.2, 0.25) is 0 Å². The molecule has 0 aromatic carbocycles. The second kappa shape index (κ2) is 5.35. The summed E-state index contributed by atoms with van der Waals surface area (Å²) in [5.41, 5.74) is -0.313. The highest BCUT2D eigenvalue weighted by Crippen LogP contribution is 2.09. The van der Waals surface area contributed by atoms with Gasteiger partial charge in [0.1, 0.15) is 6.29 Å². The van der Waals surface area contributed by atoms with Crippen molar-refractivity contribution in [2.45, 2.75) is 46.3 Å². The molecule has 0 fully saturated rings. The zero-order chi connectivity index (χ0) is 10.5. The fraction of sp³-hybridized carbons (Fsp3) is 0.900. The largest absolute Gasteiger partial charge is 0.393 e. The molecule has 0 aliphatic rings. The number of nitrogens with one attached hydrogen (secondary N) is 1. The minimum atomic E-state index is -0.313. The molecular weight excluding hydrogens is 166 g/mol. The highest BCUT2D eigenvalue weighted by molar-refractivity contribution is 5.58. The summed E-state index contributed by atoms with van der Waals surface area (Å²) in [7, 11) is 0. The van der Waals surface area contributed by atoms with Gasteiger partial charge in [-0.05, 0) is 20.3 Å². The second-order valence-corrected chi connectivity index (χ2v) is 4.47. The molecule has 0 bridgehead atoms. The first-order valence-corrected chi connectivity index (χ1v) is 4.75. The summed E-state index contributed by atoms with van der Waals surface area (Å²) in [6.07, 6.45) is 1.38. The molecule has 0 saturated heterocycles. The smallest absolute Gasteiger partial charge is 0.126 e. The average molecular weight is 187 g/mol. The van der Waals surface area contributed by atoms with Gasteiger partial charge in [0.25, 0.3) is 0 Å². The summed E-state index contributed by atoms with van der Waals surface area (Å²) in [6, 6.07) is 0.249. The van der Waals surface area contributed by atoms with E-state index in [9.17, 15) is 4.79 Å². The molecule has 0 aromatic rings. The fourth-order valence-corrected chi connectivity index (χ4v) is 1.07. The van der Waals surface area contributed by atoms with E-state index in [1.807, 2.05) is 20.8 Å². The lowest BCUT2D eigenvalue weighted by molar-refractivity contribution is -0.114. The second-order valence-electron chi connectivity index (χ2n) is 4.47. The summed E-state index contributed by atoms with van der Waals surface area (Å²) < 4.78 is 0. The number of hydrogen-bond acceptors (Lipinski definition) is 3. The Bertz CT molecular complexity index is 155. The van der Waals surface area contributed by atoms with E-state index < -0.39 is 0 Å². The Morgan fingerprint density at radius 2 is 2.00 bits per heavy atom. The van der Waals surface area contributed by atoms with E-state index in [1.54, 1.807) is 6.92 Å². The molecule has 0 aromatic heterocycles. The number of aldehydes is 1. The highest BCUT2D eigenvalue weighted by atomic mass is 16.3. The maximum atomic E-state index is 10.6. The van der Waals surface area contributed by atoms with Gasteiger partial charge < -0.3 is 15.2 Å². The Labute approximate surface area is 80.5 Å².